The fourth-order valence-corrected chi connectivity index (χ4v) is 2.27. The summed E-state index contributed by atoms with van der Waals surface area (Å²) in [6, 6.07) is 8.47. The Balaban J connectivity index is 2.50. The van der Waals surface area contributed by atoms with E-state index in [4.69, 9.17) is 15.8 Å². The van der Waals surface area contributed by atoms with Gasteiger partial charge in [0.05, 0.1) is 5.75 Å². The highest BCUT2D eigenvalue weighted by Gasteiger charge is 2.11. The number of unbranched alkanes of at least 4 members (excludes halogenated alkanes) is 1. The monoisotopic (exact) mass is 248 g/mol. The maximum absolute atomic E-state index is 11.4. The van der Waals surface area contributed by atoms with Crippen molar-refractivity contribution in [2.45, 2.75) is 12.8 Å². The largest absolute Gasteiger partial charge is 0.382 e. The summed E-state index contributed by atoms with van der Waals surface area (Å²) in [5.74, 6) is 0.832. The number of halogens is 1. The highest BCUT2D eigenvalue weighted by atomic mass is 35.5. The van der Waals surface area contributed by atoms with Crippen LogP contribution in [0.2, 0.25) is 0 Å². The fraction of sp³-hybridized carbons (Fsp3) is 0.400. The van der Waals surface area contributed by atoms with E-state index in [1.165, 1.54) is 0 Å². The Labute approximate surface area is 95.1 Å². The zero-order valence-electron chi connectivity index (χ0n) is 8.23. The molecule has 0 heterocycles. The maximum atomic E-state index is 11.4. The smallest absolute Gasteiger partial charge is 0.309 e. The van der Waals surface area contributed by atoms with Crippen LogP contribution < -0.4 is 4.18 Å². The molecule has 0 aliphatic heterocycles. The molecule has 3 nitrogen and oxygen atoms in total. The van der Waals surface area contributed by atoms with Crippen molar-refractivity contribution in [1.82, 2.24) is 0 Å². The van der Waals surface area contributed by atoms with Gasteiger partial charge in [0.1, 0.15) is 5.75 Å². The van der Waals surface area contributed by atoms with Crippen molar-refractivity contribution in [2.24, 2.45) is 0 Å². The summed E-state index contributed by atoms with van der Waals surface area (Å²) in [5.41, 5.74) is 0. The van der Waals surface area contributed by atoms with Crippen molar-refractivity contribution in [3.63, 3.8) is 0 Å². The molecule has 1 aromatic rings. The molecule has 0 N–H and O–H groups in total. The number of alkyl halides is 1. The molecule has 0 saturated carbocycles. The SMILES string of the molecule is O=S(=O)(CCCCCl)Oc1ccccc1. The minimum atomic E-state index is -3.47. The minimum absolute atomic E-state index is 0.00855. The second kappa shape index (κ2) is 5.98. The molecule has 5 heteroatoms. The van der Waals surface area contributed by atoms with Crippen LogP contribution in [-0.2, 0) is 10.1 Å². The molecule has 0 amide bonds. The minimum Gasteiger partial charge on any atom is -0.382 e. The molecular weight excluding hydrogens is 236 g/mol. The molecule has 0 bridgehead atoms. The Hall–Kier alpha value is -0.740. The third kappa shape index (κ3) is 5.04. The summed E-state index contributed by atoms with van der Waals surface area (Å²) in [7, 11) is -3.47. The van der Waals surface area contributed by atoms with E-state index in [0.717, 1.165) is 0 Å². The average Bonchev–Trinajstić information content (AvgIpc) is 2.18. The van der Waals surface area contributed by atoms with Crippen LogP contribution in [0.1, 0.15) is 12.8 Å². The molecule has 0 atom stereocenters. The van der Waals surface area contributed by atoms with Gasteiger partial charge in [0, 0.05) is 5.88 Å². The molecule has 15 heavy (non-hydrogen) atoms. The first-order valence-electron chi connectivity index (χ1n) is 4.67. The molecule has 1 aromatic carbocycles. The predicted molar refractivity (Wildman–Crippen MR) is 60.8 cm³/mol. The topological polar surface area (TPSA) is 43.4 Å². The van der Waals surface area contributed by atoms with Gasteiger partial charge < -0.3 is 4.18 Å². The Morgan fingerprint density at radius 2 is 1.80 bits per heavy atom. The maximum Gasteiger partial charge on any atom is 0.309 e. The molecule has 0 fully saturated rings. The van der Waals surface area contributed by atoms with E-state index in [0.29, 0.717) is 24.5 Å². The van der Waals surface area contributed by atoms with Gasteiger partial charge in [-0.2, -0.15) is 8.42 Å². The van der Waals surface area contributed by atoms with Gasteiger partial charge >= 0.3 is 10.1 Å². The van der Waals surface area contributed by atoms with Gasteiger partial charge in [-0.25, -0.2) is 0 Å². The van der Waals surface area contributed by atoms with E-state index in [2.05, 4.69) is 0 Å². The Morgan fingerprint density at radius 1 is 1.13 bits per heavy atom. The van der Waals surface area contributed by atoms with E-state index >= 15 is 0 Å². The summed E-state index contributed by atoms with van der Waals surface area (Å²) in [5, 5.41) is 0. The van der Waals surface area contributed by atoms with Crippen molar-refractivity contribution in [2.75, 3.05) is 11.6 Å². The Kier molecular flexibility index (Phi) is 4.91. The predicted octanol–water partition coefficient (Wildman–Crippen LogP) is 2.41. The lowest BCUT2D eigenvalue weighted by Gasteiger charge is -2.05. The Morgan fingerprint density at radius 3 is 2.40 bits per heavy atom. The van der Waals surface area contributed by atoms with E-state index in [-0.39, 0.29) is 5.75 Å². The van der Waals surface area contributed by atoms with Crippen LogP contribution in [0.5, 0.6) is 5.75 Å². The first kappa shape index (κ1) is 12.3. The number of hydrogen-bond acceptors (Lipinski definition) is 3. The molecule has 0 unspecified atom stereocenters. The summed E-state index contributed by atoms with van der Waals surface area (Å²) >= 11 is 5.45. The number of para-hydroxylation sites is 1. The summed E-state index contributed by atoms with van der Waals surface area (Å²) in [4.78, 5) is 0. The van der Waals surface area contributed by atoms with Gasteiger partial charge in [0.15, 0.2) is 0 Å². The van der Waals surface area contributed by atoms with Crippen molar-refractivity contribution in [3.8, 4) is 5.75 Å². The Bertz CT molecular complexity index is 375. The van der Waals surface area contributed by atoms with E-state index in [1.807, 2.05) is 0 Å². The molecule has 0 saturated heterocycles. The summed E-state index contributed by atoms with van der Waals surface area (Å²) in [6.07, 6.45) is 1.21. The molecule has 0 aromatic heterocycles. The number of rotatable bonds is 6. The van der Waals surface area contributed by atoms with Gasteiger partial charge in [0.2, 0.25) is 0 Å². The molecule has 0 radical (unpaired) electrons. The molecule has 1 rings (SSSR count). The number of benzene rings is 1. The summed E-state index contributed by atoms with van der Waals surface area (Å²) < 4.78 is 27.7. The lowest BCUT2D eigenvalue weighted by molar-refractivity contribution is 0.484. The fourth-order valence-electron chi connectivity index (χ4n) is 1.04. The van der Waals surface area contributed by atoms with Crippen LogP contribution in [-0.4, -0.2) is 20.1 Å². The first-order chi connectivity index (χ1) is 7.14. The van der Waals surface area contributed by atoms with Crippen molar-refractivity contribution in [1.29, 1.82) is 0 Å². The lowest BCUT2D eigenvalue weighted by Crippen LogP contribution is -2.13. The van der Waals surface area contributed by atoms with Gasteiger partial charge in [-0.1, -0.05) is 18.2 Å². The normalized spacial score (nSPS) is 11.3. The third-order valence-corrected chi connectivity index (χ3v) is 3.25. The van der Waals surface area contributed by atoms with E-state index in [9.17, 15) is 8.42 Å². The standard InChI is InChI=1S/C10H13ClO3S/c11-8-4-5-9-15(12,13)14-10-6-2-1-3-7-10/h1-3,6-7H,4-5,8-9H2. The van der Waals surface area contributed by atoms with Crippen LogP contribution in [0.25, 0.3) is 0 Å². The lowest BCUT2D eigenvalue weighted by atomic mass is 10.3. The van der Waals surface area contributed by atoms with E-state index in [1.54, 1.807) is 30.3 Å². The zero-order valence-corrected chi connectivity index (χ0v) is 9.80. The second-order valence-electron chi connectivity index (χ2n) is 3.05. The van der Waals surface area contributed by atoms with Crippen molar-refractivity contribution < 1.29 is 12.6 Å². The van der Waals surface area contributed by atoms with Crippen LogP contribution in [0.15, 0.2) is 30.3 Å². The number of hydrogen-bond donors (Lipinski definition) is 0. The van der Waals surface area contributed by atoms with Gasteiger partial charge in [-0.15, -0.1) is 11.6 Å². The molecule has 0 spiro atoms. The van der Waals surface area contributed by atoms with Crippen molar-refractivity contribution >= 4 is 21.7 Å². The molecule has 84 valence electrons. The highest BCUT2D eigenvalue weighted by molar-refractivity contribution is 7.87. The average molecular weight is 249 g/mol. The third-order valence-electron chi connectivity index (χ3n) is 1.74. The van der Waals surface area contributed by atoms with Crippen LogP contribution in [0, 0.1) is 0 Å². The first-order valence-corrected chi connectivity index (χ1v) is 6.78. The molecule has 0 aliphatic rings. The second-order valence-corrected chi connectivity index (χ2v) is 5.12. The summed E-state index contributed by atoms with van der Waals surface area (Å²) in [6.45, 7) is 0. The van der Waals surface area contributed by atoms with Gasteiger partial charge in [0.25, 0.3) is 0 Å². The van der Waals surface area contributed by atoms with Crippen molar-refractivity contribution in [3.05, 3.63) is 30.3 Å². The van der Waals surface area contributed by atoms with Crippen LogP contribution in [0.4, 0.5) is 0 Å². The quantitative estimate of drug-likeness (QED) is 0.441. The van der Waals surface area contributed by atoms with Crippen LogP contribution >= 0.6 is 11.6 Å². The van der Waals surface area contributed by atoms with Gasteiger partial charge in [-0.05, 0) is 25.0 Å². The van der Waals surface area contributed by atoms with E-state index < -0.39 is 10.1 Å². The zero-order chi connectivity index (χ0) is 11.1. The van der Waals surface area contributed by atoms with Gasteiger partial charge in [-0.3, -0.25) is 0 Å². The molecule has 0 aliphatic carbocycles. The molecular formula is C10H13ClO3S. The van der Waals surface area contributed by atoms with Crippen LogP contribution in [0.3, 0.4) is 0 Å². The highest BCUT2D eigenvalue weighted by Crippen LogP contribution is 2.12.